The Bertz CT molecular complexity index is 407. The first-order valence-corrected chi connectivity index (χ1v) is 5.43. The average Bonchev–Trinajstić information content (AvgIpc) is 2.33. The molecule has 8 heteroatoms. The van der Waals surface area contributed by atoms with Crippen molar-refractivity contribution in [1.29, 1.82) is 0 Å². The molecule has 1 aromatic rings. The Morgan fingerprint density at radius 2 is 1.84 bits per heavy atom. The van der Waals surface area contributed by atoms with Gasteiger partial charge < -0.3 is 21.1 Å². The number of amides is 2. The second-order valence-corrected chi connectivity index (χ2v) is 3.64. The molecule has 0 fully saturated rings. The van der Waals surface area contributed by atoms with Crippen molar-refractivity contribution in [1.82, 2.24) is 10.6 Å². The van der Waals surface area contributed by atoms with Crippen LogP contribution in [0.25, 0.3) is 0 Å². The first-order valence-electron chi connectivity index (χ1n) is 5.43. The van der Waals surface area contributed by atoms with E-state index in [1.54, 1.807) is 29.6 Å². The van der Waals surface area contributed by atoms with E-state index in [2.05, 4.69) is 5.32 Å². The van der Waals surface area contributed by atoms with Gasteiger partial charge in [-0.05, 0) is 24.3 Å². The van der Waals surface area contributed by atoms with Gasteiger partial charge in [0.15, 0.2) is 0 Å². The van der Waals surface area contributed by atoms with Crippen LogP contribution in [-0.2, 0) is 0 Å². The maximum absolute atomic E-state index is 11.8. The summed E-state index contributed by atoms with van der Waals surface area (Å²) in [7, 11) is 0. The molecule has 106 valence electrons. The first-order chi connectivity index (χ1) is 8.87. The van der Waals surface area contributed by atoms with Crippen LogP contribution in [0.1, 0.15) is 0 Å². The zero-order chi connectivity index (χ0) is 14.3. The standard InChI is InChI=1S/C11H14F3N3O2/c12-11(13,14)7-17-10(18)16-5-6-19-9-3-1-8(15)2-4-9/h1-4H,5-7,15H2,(H2,16,17,18). The van der Waals surface area contributed by atoms with Gasteiger partial charge in [0.25, 0.3) is 0 Å². The monoisotopic (exact) mass is 277 g/mol. The summed E-state index contributed by atoms with van der Waals surface area (Å²) in [4.78, 5) is 11.0. The van der Waals surface area contributed by atoms with Crippen molar-refractivity contribution in [2.24, 2.45) is 0 Å². The van der Waals surface area contributed by atoms with E-state index in [1.807, 2.05) is 0 Å². The molecule has 0 aliphatic heterocycles. The van der Waals surface area contributed by atoms with Gasteiger partial charge in [-0.25, -0.2) is 4.79 Å². The maximum Gasteiger partial charge on any atom is 0.405 e. The van der Waals surface area contributed by atoms with E-state index in [0.29, 0.717) is 11.4 Å². The van der Waals surface area contributed by atoms with E-state index in [4.69, 9.17) is 10.5 Å². The lowest BCUT2D eigenvalue weighted by Gasteiger charge is -2.10. The number of nitrogen functional groups attached to an aromatic ring is 1. The molecule has 0 saturated heterocycles. The van der Waals surface area contributed by atoms with Gasteiger partial charge in [0.1, 0.15) is 18.9 Å². The average molecular weight is 277 g/mol. The Morgan fingerprint density at radius 3 is 2.42 bits per heavy atom. The SMILES string of the molecule is Nc1ccc(OCCNC(=O)NCC(F)(F)F)cc1. The fourth-order valence-corrected chi connectivity index (χ4v) is 1.14. The quantitative estimate of drug-likeness (QED) is 0.564. The number of carbonyl (C=O) groups excluding carboxylic acids is 1. The molecule has 1 aromatic carbocycles. The first kappa shape index (κ1) is 14.9. The van der Waals surface area contributed by atoms with Crippen LogP contribution in [0.5, 0.6) is 5.75 Å². The number of nitrogens with two attached hydrogens (primary N) is 1. The summed E-state index contributed by atoms with van der Waals surface area (Å²) in [5.41, 5.74) is 6.07. The number of nitrogens with one attached hydrogen (secondary N) is 2. The van der Waals surface area contributed by atoms with Crippen molar-refractivity contribution in [2.75, 3.05) is 25.4 Å². The minimum Gasteiger partial charge on any atom is -0.492 e. The predicted molar refractivity (Wildman–Crippen MR) is 63.8 cm³/mol. The summed E-state index contributed by atoms with van der Waals surface area (Å²) in [6.07, 6.45) is -4.42. The molecule has 0 aliphatic carbocycles. The summed E-state index contributed by atoms with van der Waals surface area (Å²) < 4.78 is 40.6. The number of alkyl halides is 3. The Labute approximate surface area is 107 Å². The van der Waals surface area contributed by atoms with Gasteiger partial charge in [0.2, 0.25) is 0 Å². The zero-order valence-corrected chi connectivity index (χ0v) is 9.96. The molecule has 2 amide bonds. The van der Waals surface area contributed by atoms with Crippen LogP contribution in [-0.4, -0.2) is 31.9 Å². The van der Waals surface area contributed by atoms with E-state index in [9.17, 15) is 18.0 Å². The molecule has 0 saturated carbocycles. The van der Waals surface area contributed by atoms with Crippen LogP contribution in [0.3, 0.4) is 0 Å². The molecule has 0 aromatic heterocycles. The molecule has 0 bridgehead atoms. The lowest BCUT2D eigenvalue weighted by Crippen LogP contribution is -2.42. The molecule has 0 radical (unpaired) electrons. The molecule has 5 nitrogen and oxygen atoms in total. The zero-order valence-electron chi connectivity index (χ0n) is 9.96. The normalized spacial score (nSPS) is 10.9. The van der Waals surface area contributed by atoms with E-state index < -0.39 is 18.8 Å². The Morgan fingerprint density at radius 1 is 1.21 bits per heavy atom. The highest BCUT2D eigenvalue weighted by atomic mass is 19.4. The summed E-state index contributed by atoms with van der Waals surface area (Å²) in [6.45, 7) is -1.13. The van der Waals surface area contributed by atoms with E-state index in [0.717, 1.165) is 0 Å². The summed E-state index contributed by atoms with van der Waals surface area (Å²) in [5.74, 6) is 0.562. The van der Waals surface area contributed by atoms with Gasteiger partial charge in [-0.3, -0.25) is 0 Å². The Kier molecular flexibility index (Phi) is 5.28. The van der Waals surface area contributed by atoms with Crippen LogP contribution < -0.4 is 21.1 Å². The molecule has 19 heavy (non-hydrogen) atoms. The second kappa shape index (κ2) is 6.72. The van der Waals surface area contributed by atoms with E-state index >= 15 is 0 Å². The van der Waals surface area contributed by atoms with Gasteiger partial charge in [-0.15, -0.1) is 0 Å². The fourth-order valence-electron chi connectivity index (χ4n) is 1.14. The molecular formula is C11H14F3N3O2. The van der Waals surface area contributed by atoms with Crippen LogP contribution in [0, 0.1) is 0 Å². The smallest absolute Gasteiger partial charge is 0.405 e. The van der Waals surface area contributed by atoms with Crippen LogP contribution in [0.2, 0.25) is 0 Å². The highest BCUT2D eigenvalue weighted by Crippen LogP contribution is 2.13. The topological polar surface area (TPSA) is 76.4 Å². The number of hydrogen-bond donors (Lipinski definition) is 3. The molecule has 1 rings (SSSR count). The van der Waals surface area contributed by atoms with Gasteiger partial charge in [-0.1, -0.05) is 0 Å². The number of halogens is 3. The van der Waals surface area contributed by atoms with E-state index in [-0.39, 0.29) is 13.2 Å². The minimum absolute atomic E-state index is 0.0913. The number of hydrogen-bond acceptors (Lipinski definition) is 3. The third kappa shape index (κ3) is 7.02. The number of ether oxygens (including phenoxy) is 1. The molecular weight excluding hydrogens is 263 g/mol. The predicted octanol–water partition coefficient (Wildman–Crippen LogP) is 1.51. The Balaban J connectivity index is 2.13. The third-order valence-corrected chi connectivity index (χ3v) is 1.99. The van der Waals surface area contributed by atoms with Crippen molar-refractivity contribution >= 4 is 11.7 Å². The van der Waals surface area contributed by atoms with Crippen LogP contribution >= 0.6 is 0 Å². The highest BCUT2D eigenvalue weighted by Gasteiger charge is 2.27. The largest absolute Gasteiger partial charge is 0.492 e. The van der Waals surface area contributed by atoms with Crippen molar-refractivity contribution in [3.8, 4) is 5.75 Å². The summed E-state index contributed by atoms with van der Waals surface area (Å²) in [6, 6.07) is 5.72. The number of benzene rings is 1. The number of urea groups is 1. The van der Waals surface area contributed by atoms with Crippen molar-refractivity contribution in [3.05, 3.63) is 24.3 Å². The van der Waals surface area contributed by atoms with Crippen molar-refractivity contribution in [3.63, 3.8) is 0 Å². The number of rotatable bonds is 5. The van der Waals surface area contributed by atoms with Crippen LogP contribution in [0.15, 0.2) is 24.3 Å². The summed E-state index contributed by atoms with van der Waals surface area (Å²) in [5, 5.41) is 3.92. The maximum atomic E-state index is 11.8. The minimum atomic E-state index is -4.42. The van der Waals surface area contributed by atoms with Crippen LogP contribution in [0.4, 0.5) is 23.7 Å². The molecule has 0 atom stereocenters. The molecule has 0 aliphatic rings. The van der Waals surface area contributed by atoms with Crippen molar-refractivity contribution in [2.45, 2.75) is 6.18 Å². The van der Waals surface area contributed by atoms with E-state index in [1.165, 1.54) is 0 Å². The molecule has 4 N–H and O–H groups in total. The number of anilines is 1. The number of carbonyl (C=O) groups is 1. The second-order valence-electron chi connectivity index (χ2n) is 3.64. The van der Waals surface area contributed by atoms with Gasteiger partial charge in [0, 0.05) is 5.69 Å². The summed E-state index contributed by atoms with van der Waals surface area (Å²) >= 11 is 0. The highest BCUT2D eigenvalue weighted by molar-refractivity contribution is 5.73. The van der Waals surface area contributed by atoms with Gasteiger partial charge in [-0.2, -0.15) is 13.2 Å². The van der Waals surface area contributed by atoms with Gasteiger partial charge in [0.05, 0.1) is 6.54 Å². The Hall–Kier alpha value is -2.12. The van der Waals surface area contributed by atoms with Crippen molar-refractivity contribution < 1.29 is 22.7 Å². The fraction of sp³-hybridized carbons (Fsp3) is 0.364. The lowest BCUT2D eigenvalue weighted by atomic mass is 10.3. The molecule has 0 spiro atoms. The molecule has 0 heterocycles. The lowest BCUT2D eigenvalue weighted by molar-refractivity contribution is -0.122. The third-order valence-electron chi connectivity index (χ3n) is 1.99. The van der Waals surface area contributed by atoms with Gasteiger partial charge >= 0.3 is 12.2 Å². The molecule has 0 unspecified atom stereocenters.